The maximum absolute atomic E-state index is 15.6. The van der Waals surface area contributed by atoms with Gasteiger partial charge in [-0.05, 0) is 53.8 Å². The Morgan fingerprint density at radius 3 is 2.42 bits per heavy atom. The van der Waals surface area contributed by atoms with Crippen LogP contribution in [0.15, 0.2) is 60.7 Å². The van der Waals surface area contributed by atoms with E-state index in [0.717, 1.165) is 12.1 Å². The Morgan fingerprint density at radius 2 is 1.79 bits per heavy atom. The summed E-state index contributed by atoms with van der Waals surface area (Å²) in [5, 5.41) is 16.6. The molecule has 38 heavy (non-hydrogen) atoms. The molecule has 1 saturated heterocycles. The number of benzene rings is 3. The zero-order valence-electron chi connectivity index (χ0n) is 21.0. The Labute approximate surface area is 229 Å². The van der Waals surface area contributed by atoms with Crippen molar-refractivity contribution in [1.82, 2.24) is 5.32 Å². The lowest BCUT2D eigenvalue weighted by Crippen LogP contribution is -2.45. The lowest BCUT2D eigenvalue weighted by Gasteiger charge is -2.37. The molecule has 3 aromatic carbocycles. The second kappa shape index (κ2) is 10.6. The smallest absolute Gasteiger partial charge is 0.242 e. The van der Waals surface area contributed by atoms with Gasteiger partial charge in [-0.3, -0.25) is 4.79 Å². The first-order chi connectivity index (χ1) is 17.9. The van der Waals surface area contributed by atoms with Crippen LogP contribution < -0.4 is 10.6 Å². The molecule has 3 aromatic rings. The van der Waals surface area contributed by atoms with Crippen LogP contribution in [0.4, 0.5) is 18.9 Å². The fourth-order valence-electron chi connectivity index (χ4n) is 5.34. The minimum absolute atomic E-state index is 0.0169. The van der Waals surface area contributed by atoms with E-state index in [1.165, 1.54) is 48.5 Å². The van der Waals surface area contributed by atoms with Gasteiger partial charge in [0.2, 0.25) is 5.91 Å². The number of nitrogens with one attached hydrogen (secondary N) is 2. The summed E-state index contributed by atoms with van der Waals surface area (Å²) in [6.07, 6.45) is 0.338. The third-order valence-corrected chi connectivity index (χ3v) is 7.35. The average Bonchev–Trinajstić information content (AvgIpc) is 3.14. The predicted octanol–water partition coefficient (Wildman–Crippen LogP) is 7.37. The summed E-state index contributed by atoms with van der Waals surface area (Å²) >= 11 is 12.2. The van der Waals surface area contributed by atoms with E-state index in [-0.39, 0.29) is 32.3 Å². The number of carbonyl (C=O) groups is 1. The normalized spacial score (nSPS) is 23.2. The third-order valence-electron chi connectivity index (χ3n) is 6.82. The molecule has 0 aliphatic carbocycles. The van der Waals surface area contributed by atoms with Crippen LogP contribution in [-0.4, -0.2) is 18.0 Å². The summed E-state index contributed by atoms with van der Waals surface area (Å²) in [5.74, 6) is -3.96. The van der Waals surface area contributed by atoms with Crippen molar-refractivity contribution in [3.63, 3.8) is 0 Å². The van der Waals surface area contributed by atoms with E-state index in [9.17, 15) is 14.4 Å². The lowest BCUT2D eigenvalue weighted by atomic mass is 9.62. The van der Waals surface area contributed by atoms with E-state index in [4.69, 9.17) is 23.2 Å². The fourth-order valence-corrected chi connectivity index (χ4v) is 5.68. The van der Waals surface area contributed by atoms with Gasteiger partial charge in [-0.1, -0.05) is 68.2 Å². The summed E-state index contributed by atoms with van der Waals surface area (Å²) in [4.78, 5) is 13.7. The van der Waals surface area contributed by atoms with Gasteiger partial charge in [0.1, 0.15) is 22.9 Å². The molecule has 4 rings (SSSR count). The number of rotatable bonds is 5. The summed E-state index contributed by atoms with van der Waals surface area (Å²) in [5.41, 5.74) is -1.96. The minimum Gasteiger partial charge on any atom is -0.325 e. The SMILES string of the molecule is CC(C)(C)CC1NC(C(=O)Nc2cccc(F)c2)C(c2cccc(Cl)c2F)C1(C#N)c1ccc(Cl)cc1F. The zero-order valence-corrected chi connectivity index (χ0v) is 22.5. The number of anilines is 1. The highest BCUT2D eigenvalue weighted by molar-refractivity contribution is 6.31. The van der Waals surface area contributed by atoms with Gasteiger partial charge in [0.05, 0.1) is 17.1 Å². The van der Waals surface area contributed by atoms with Crippen molar-refractivity contribution >= 4 is 34.8 Å². The van der Waals surface area contributed by atoms with Crippen LogP contribution in [0.1, 0.15) is 44.2 Å². The lowest BCUT2D eigenvalue weighted by molar-refractivity contribution is -0.118. The number of hydrogen-bond acceptors (Lipinski definition) is 3. The van der Waals surface area contributed by atoms with E-state index in [2.05, 4.69) is 16.7 Å². The standard InChI is InChI=1S/C29H26Cl2F3N3O/c1-28(2,3)14-23-29(15-35,20-11-10-16(30)12-22(20)33)24(19-8-5-9-21(31)25(19)34)26(37-23)27(38)36-18-7-4-6-17(32)13-18/h4-13,23-24,26,37H,14H2,1-3H3,(H,36,38). The second-order valence-electron chi connectivity index (χ2n) is 10.7. The van der Waals surface area contributed by atoms with Gasteiger partial charge in [-0.25, -0.2) is 13.2 Å². The van der Waals surface area contributed by atoms with Crippen LogP contribution in [-0.2, 0) is 10.2 Å². The van der Waals surface area contributed by atoms with Gasteiger partial charge in [0.25, 0.3) is 0 Å². The van der Waals surface area contributed by atoms with Gasteiger partial charge in [-0.15, -0.1) is 0 Å². The van der Waals surface area contributed by atoms with Crippen molar-refractivity contribution in [2.75, 3.05) is 5.32 Å². The molecule has 9 heteroatoms. The van der Waals surface area contributed by atoms with Crippen LogP contribution in [0.25, 0.3) is 0 Å². The Bertz CT molecular complexity index is 1420. The van der Waals surface area contributed by atoms with Crippen LogP contribution in [0.2, 0.25) is 10.0 Å². The Balaban J connectivity index is 1.97. The Hall–Kier alpha value is -3.05. The van der Waals surface area contributed by atoms with Gasteiger partial charge in [0.15, 0.2) is 0 Å². The highest BCUT2D eigenvalue weighted by Gasteiger charge is 2.61. The zero-order chi connectivity index (χ0) is 27.8. The number of amides is 1. The molecule has 4 unspecified atom stereocenters. The quantitative estimate of drug-likeness (QED) is 0.343. The second-order valence-corrected chi connectivity index (χ2v) is 11.5. The van der Waals surface area contributed by atoms with Crippen molar-refractivity contribution in [2.45, 2.75) is 50.6 Å². The number of carbonyl (C=O) groups excluding carboxylic acids is 1. The molecule has 0 bridgehead atoms. The monoisotopic (exact) mass is 559 g/mol. The number of halogens is 5. The summed E-state index contributed by atoms with van der Waals surface area (Å²) in [6.45, 7) is 5.85. The van der Waals surface area contributed by atoms with E-state index >= 15 is 8.78 Å². The first-order valence-electron chi connectivity index (χ1n) is 12.0. The molecule has 1 heterocycles. The number of hydrogen-bond donors (Lipinski definition) is 2. The molecule has 4 atom stereocenters. The van der Waals surface area contributed by atoms with Gasteiger partial charge >= 0.3 is 0 Å². The maximum Gasteiger partial charge on any atom is 0.242 e. The van der Waals surface area contributed by atoms with Gasteiger partial charge in [0, 0.05) is 28.2 Å². The van der Waals surface area contributed by atoms with Crippen molar-refractivity contribution in [1.29, 1.82) is 5.26 Å². The van der Waals surface area contributed by atoms with Crippen molar-refractivity contribution in [2.24, 2.45) is 5.41 Å². The Morgan fingerprint density at radius 1 is 1.08 bits per heavy atom. The van der Waals surface area contributed by atoms with E-state index < -0.39 is 46.8 Å². The molecule has 0 saturated carbocycles. The first kappa shape index (κ1) is 28.0. The van der Waals surface area contributed by atoms with Crippen LogP contribution >= 0.6 is 23.2 Å². The molecule has 0 radical (unpaired) electrons. The topological polar surface area (TPSA) is 64.9 Å². The molecule has 1 aliphatic rings. The molecule has 198 valence electrons. The van der Waals surface area contributed by atoms with Crippen LogP contribution in [0.5, 0.6) is 0 Å². The van der Waals surface area contributed by atoms with E-state index in [1.54, 1.807) is 0 Å². The van der Waals surface area contributed by atoms with Gasteiger partial charge in [-0.2, -0.15) is 5.26 Å². The highest BCUT2D eigenvalue weighted by atomic mass is 35.5. The van der Waals surface area contributed by atoms with Crippen LogP contribution in [0.3, 0.4) is 0 Å². The maximum atomic E-state index is 15.6. The summed E-state index contributed by atoms with van der Waals surface area (Å²) in [6, 6.07) is 13.9. The van der Waals surface area contributed by atoms with Gasteiger partial charge < -0.3 is 10.6 Å². The predicted molar refractivity (Wildman–Crippen MR) is 143 cm³/mol. The summed E-state index contributed by atoms with van der Waals surface area (Å²) in [7, 11) is 0. The Kier molecular flexibility index (Phi) is 7.81. The summed E-state index contributed by atoms with van der Waals surface area (Å²) < 4.78 is 45.1. The molecular weight excluding hydrogens is 534 g/mol. The highest BCUT2D eigenvalue weighted by Crippen LogP contribution is 2.52. The molecule has 0 spiro atoms. The fraction of sp³-hybridized carbons (Fsp3) is 0.310. The number of nitrogens with zero attached hydrogens (tertiary/aromatic N) is 1. The molecule has 1 amide bonds. The average molecular weight is 560 g/mol. The minimum atomic E-state index is -1.74. The van der Waals surface area contributed by atoms with E-state index in [1.807, 2.05) is 20.8 Å². The van der Waals surface area contributed by atoms with Crippen molar-refractivity contribution in [3.05, 3.63) is 99.3 Å². The third kappa shape index (κ3) is 5.26. The largest absolute Gasteiger partial charge is 0.325 e. The van der Waals surface area contributed by atoms with Crippen molar-refractivity contribution < 1.29 is 18.0 Å². The number of nitriles is 1. The first-order valence-corrected chi connectivity index (χ1v) is 12.8. The molecule has 1 aliphatic heterocycles. The van der Waals surface area contributed by atoms with Crippen molar-refractivity contribution in [3.8, 4) is 6.07 Å². The van der Waals surface area contributed by atoms with E-state index in [0.29, 0.717) is 6.42 Å². The molecular formula is C29H26Cl2F3N3O. The van der Waals surface area contributed by atoms with Crippen LogP contribution in [0, 0.1) is 34.2 Å². The molecule has 4 nitrogen and oxygen atoms in total. The molecule has 0 aromatic heterocycles. The molecule has 2 N–H and O–H groups in total. The molecule has 1 fully saturated rings.